The second-order valence-electron chi connectivity index (χ2n) is 14.2. The number of fused-ring (bicyclic) bond motifs is 5. The molecule has 1 heterocycles. The second-order valence-corrected chi connectivity index (χ2v) is 14.6. The van der Waals surface area contributed by atoms with Crippen molar-refractivity contribution in [3.63, 3.8) is 0 Å². The first-order chi connectivity index (χ1) is 28.8. The number of carbonyl (C=O) groups excluding carboxylic acids is 4. The van der Waals surface area contributed by atoms with E-state index in [2.05, 4.69) is 16.0 Å². The summed E-state index contributed by atoms with van der Waals surface area (Å²) in [6, 6.07) is 20.0. The summed E-state index contributed by atoms with van der Waals surface area (Å²) in [4.78, 5) is 69.5. The van der Waals surface area contributed by atoms with Crippen LogP contribution in [0.15, 0.2) is 84.9 Å². The number of amides is 4. The fraction of sp³-hybridized carbons (Fsp3) is 0.326. The van der Waals surface area contributed by atoms with Crippen LogP contribution in [0.1, 0.15) is 46.8 Å². The van der Waals surface area contributed by atoms with Gasteiger partial charge < -0.3 is 58.4 Å². The summed E-state index contributed by atoms with van der Waals surface area (Å²) in [5.74, 6) is -3.58. The molecule has 4 aromatic rings. The van der Waals surface area contributed by atoms with Gasteiger partial charge >= 0.3 is 5.97 Å². The van der Waals surface area contributed by atoms with Crippen LogP contribution < -0.4 is 48.4 Å². The molecule has 0 spiro atoms. The third-order valence-electron chi connectivity index (χ3n) is 9.90. The number of unbranched alkanes of at least 4 members (excludes halogenated alkanes) is 1. The van der Waals surface area contributed by atoms with Crippen LogP contribution in [0.3, 0.4) is 0 Å². The molecule has 5 rings (SSSR count). The van der Waals surface area contributed by atoms with E-state index in [4.69, 9.17) is 44.0 Å². The molecule has 4 atom stereocenters. The molecule has 4 unspecified atom stereocenters. The molecule has 0 radical (unpaired) electrons. The summed E-state index contributed by atoms with van der Waals surface area (Å²) in [5.41, 5.74) is 27.3. The number of likely N-dealkylation sites (N-methyl/N-ethyl adjacent to an activating group) is 1. The van der Waals surface area contributed by atoms with Crippen LogP contribution in [0.25, 0.3) is 22.3 Å². The first-order valence-corrected chi connectivity index (χ1v) is 19.9. The van der Waals surface area contributed by atoms with Crippen LogP contribution in [-0.2, 0) is 25.6 Å². The van der Waals surface area contributed by atoms with Crippen molar-refractivity contribution < 1.29 is 38.6 Å². The van der Waals surface area contributed by atoms with Gasteiger partial charge in [0.05, 0.1) is 0 Å². The zero-order valence-electron chi connectivity index (χ0n) is 33.2. The summed E-state index contributed by atoms with van der Waals surface area (Å²) >= 11 is 6.05. The van der Waals surface area contributed by atoms with Crippen LogP contribution in [-0.4, -0.2) is 97.7 Å². The Kier molecular flexibility index (Phi) is 16.0. The number of ether oxygens (including phenoxy) is 2. The predicted octanol–water partition coefficient (Wildman–Crippen LogP) is 2.30. The highest BCUT2D eigenvalue weighted by Gasteiger charge is 2.36. The number of hydrogen-bond acceptors (Lipinski definition) is 11. The van der Waals surface area contributed by atoms with Crippen LogP contribution in [0.5, 0.6) is 11.5 Å². The van der Waals surface area contributed by atoms with Gasteiger partial charge in [0.1, 0.15) is 42.8 Å². The molecule has 0 saturated carbocycles. The minimum atomic E-state index is -1.71. The number of halogens is 1. The van der Waals surface area contributed by atoms with E-state index in [1.807, 2.05) is 12.1 Å². The highest BCUT2D eigenvalue weighted by molar-refractivity contribution is 6.30. The number of carbonyl (C=O) groups is 5. The minimum Gasteiger partial charge on any atom is -0.492 e. The van der Waals surface area contributed by atoms with Crippen molar-refractivity contribution in [2.24, 2.45) is 22.9 Å². The summed E-state index contributed by atoms with van der Waals surface area (Å²) in [7, 11) is 1.40. The molecule has 4 aromatic carbocycles. The molecule has 0 aromatic heterocycles. The highest BCUT2D eigenvalue weighted by Crippen LogP contribution is 2.40. The van der Waals surface area contributed by atoms with Crippen molar-refractivity contribution in [2.75, 3.05) is 39.9 Å². The van der Waals surface area contributed by atoms with Crippen molar-refractivity contribution >= 4 is 41.2 Å². The maximum atomic E-state index is 14.6. The first kappa shape index (κ1) is 45.1. The Bertz CT molecular complexity index is 2150. The molecule has 0 fully saturated rings. The standard InChI is InChI=1S/C43H51ClN8O8/c1-52(42(56)33(4-2-3-17-45)49-39(53)28-8-6-26(7-9-28)27-10-13-30(44)14-11-27)37-29-12-16-36(60-21-19-47)32(24-29)31-22-25(5-15-35(31)59-20-18-46)23-34(43(57)58)50-41(55)38(48)51-40(37)54/h5-16,22,24,33-34,37-38H,2-4,17-21,23,45-48H2,1H3,(H,49,53)(H,50,55)(H,51,54)(H,57,58). The van der Waals surface area contributed by atoms with Crippen molar-refractivity contribution in [1.29, 1.82) is 0 Å². The van der Waals surface area contributed by atoms with Gasteiger partial charge in [0, 0.05) is 48.3 Å². The van der Waals surface area contributed by atoms with E-state index in [9.17, 15) is 29.1 Å². The van der Waals surface area contributed by atoms with Gasteiger partial charge in [0.15, 0.2) is 6.17 Å². The molecule has 0 saturated heterocycles. The number of aliphatic carboxylic acids is 1. The Morgan fingerprint density at radius 2 is 1.42 bits per heavy atom. The lowest BCUT2D eigenvalue weighted by Crippen LogP contribution is -2.58. The largest absolute Gasteiger partial charge is 0.492 e. The zero-order valence-corrected chi connectivity index (χ0v) is 34.0. The van der Waals surface area contributed by atoms with Gasteiger partial charge in [-0.05, 0) is 96.6 Å². The molecule has 0 aliphatic carbocycles. The van der Waals surface area contributed by atoms with Gasteiger partial charge in [-0.25, -0.2) is 4.79 Å². The maximum Gasteiger partial charge on any atom is 0.326 e. The lowest BCUT2D eigenvalue weighted by atomic mass is 9.93. The number of benzene rings is 4. The molecule has 60 heavy (non-hydrogen) atoms. The number of carboxylic acid groups (broad SMARTS) is 1. The first-order valence-electron chi connectivity index (χ1n) is 19.5. The van der Waals surface area contributed by atoms with Crippen LogP contribution >= 0.6 is 11.6 Å². The number of nitrogens with zero attached hydrogens (tertiary/aromatic N) is 1. The molecule has 12 N–H and O–H groups in total. The van der Waals surface area contributed by atoms with Crippen LogP contribution in [0.4, 0.5) is 0 Å². The molecule has 4 amide bonds. The van der Waals surface area contributed by atoms with E-state index in [0.29, 0.717) is 58.2 Å². The predicted molar refractivity (Wildman–Crippen MR) is 227 cm³/mol. The van der Waals surface area contributed by atoms with E-state index in [0.717, 1.165) is 11.1 Å². The van der Waals surface area contributed by atoms with Gasteiger partial charge in [-0.15, -0.1) is 0 Å². The Hall–Kier alpha value is -6.04. The van der Waals surface area contributed by atoms with Crippen molar-refractivity contribution in [1.82, 2.24) is 20.9 Å². The van der Waals surface area contributed by atoms with Crippen molar-refractivity contribution in [2.45, 2.75) is 50.0 Å². The summed E-state index contributed by atoms with van der Waals surface area (Å²) in [6.45, 7) is 0.996. The SMILES string of the molecule is CN(C(=O)C(CCCCN)NC(=O)c1ccc(-c2ccc(Cl)cc2)cc1)C1C(=O)NC(N)C(=O)NC(C(=O)O)Cc2ccc(OCCN)c(c2)-c2cc1ccc2OCCN. The van der Waals surface area contributed by atoms with E-state index >= 15 is 0 Å². The average Bonchev–Trinajstić information content (AvgIpc) is 3.24. The molecular weight excluding hydrogens is 792 g/mol. The fourth-order valence-electron chi connectivity index (χ4n) is 6.80. The summed E-state index contributed by atoms with van der Waals surface area (Å²) in [6.07, 6.45) is -0.631. The van der Waals surface area contributed by atoms with Crippen molar-refractivity contribution in [3.05, 3.63) is 107 Å². The smallest absolute Gasteiger partial charge is 0.326 e. The van der Waals surface area contributed by atoms with E-state index in [1.54, 1.807) is 72.8 Å². The quantitative estimate of drug-likeness (QED) is 0.0756. The third-order valence-corrected chi connectivity index (χ3v) is 10.1. The third kappa shape index (κ3) is 11.4. The Labute approximate surface area is 352 Å². The molecular formula is C43H51ClN8O8. The topological polar surface area (TPSA) is 267 Å². The zero-order chi connectivity index (χ0) is 43.3. The van der Waals surface area contributed by atoms with E-state index < -0.39 is 53.9 Å². The number of carboxylic acids is 1. The Morgan fingerprint density at radius 3 is 2.02 bits per heavy atom. The normalized spacial score (nSPS) is 17.0. The lowest BCUT2D eigenvalue weighted by Gasteiger charge is -2.32. The van der Waals surface area contributed by atoms with Gasteiger partial charge in [-0.2, -0.15) is 0 Å². The number of hydrogen-bond donors (Lipinski definition) is 8. The molecule has 1 aliphatic rings. The summed E-state index contributed by atoms with van der Waals surface area (Å²) in [5, 5.41) is 18.4. The number of rotatable bonds is 16. The van der Waals surface area contributed by atoms with Gasteiger partial charge in [0.25, 0.3) is 11.8 Å². The Balaban J connectivity index is 1.57. The average molecular weight is 843 g/mol. The van der Waals surface area contributed by atoms with E-state index in [-0.39, 0.29) is 44.7 Å². The van der Waals surface area contributed by atoms with Gasteiger partial charge in [-0.3, -0.25) is 19.2 Å². The molecule has 318 valence electrons. The van der Waals surface area contributed by atoms with Gasteiger partial charge in [0.2, 0.25) is 11.8 Å². The molecule has 4 bridgehead atoms. The maximum absolute atomic E-state index is 14.6. The van der Waals surface area contributed by atoms with Crippen molar-refractivity contribution in [3.8, 4) is 33.8 Å². The van der Waals surface area contributed by atoms with Crippen LogP contribution in [0, 0.1) is 0 Å². The van der Waals surface area contributed by atoms with E-state index in [1.165, 1.54) is 11.9 Å². The van der Waals surface area contributed by atoms with Gasteiger partial charge in [-0.1, -0.05) is 48.0 Å². The minimum absolute atomic E-state index is 0.128. The molecule has 17 heteroatoms. The lowest BCUT2D eigenvalue weighted by molar-refractivity contribution is -0.143. The number of nitrogens with one attached hydrogen (secondary N) is 3. The second kappa shape index (κ2) is 21.3. The highest BCUT2D eigenvalue weighted by atomic mass is 35.5. The monoisotopic (exact) mass is 842 g/mol. The molecule has 16 nitrogen and oxygen atoms in total. The molecule has 1 aliphatic heterocycles. The summed E-state index contributed by atoms with van der Waals surface area (Å²) < 4.78 is 12.1. The number of nitrogens with two attached hydrogens (primary N) is 4. The fourth-order valence-corrected chi connectivity index (χ4v) is 6.93. The Morgan fingerprint density at radius 1 is 0.817 bits per heavy atom. The van der Waals surface area contributed by atoms with Crippen LogP contribution in [0.2, 0.25) is 5.02 Å².